The van der Waals surface area contributed by atoms with E-state index in [-0.39, 0.29) is 18.7 Å². The SMILES string of the molecule is Cc1ccc(Nc2ccc3c(c2)ncn3-c2ccc([C@@H]3C[C@H](F)CO3)c(-n3nc(C#N)cc3C)n2)nn1. The number of imidazole rings is 1. The van der Waals surface area contributed by atoms with Gasteiger partial charge >= 0.3 is 0 Å². The van der Waals surface area contributed by atoms with Gasteiger partial charge in [0.15, 0.2) is 17.3 Å². The molecule has 0 amide bonds. The Balaban J connectivity index is 1.40. The van der Waals surface area contributed by atoms with E-state index in [9.17, 15) is 9.65 Å². The number of rotatable bonds is 5. The minimum absolute atomic E-state index is 0.0457. The van der Waals surface area contributed by atoms with Crippen molar-refractivity contribution < 1.29 is 9.13 Å². The van der Waals surface area contributed by atoms with Crippen LogP contribution in [0.3, 0.4) is 0 Å². The van der Waals surface area contributed by atoms with Crippen molar-refractivity contribution >= 4 is 22.5 Å². The number of aryl methyl sites for hydroxylation is 2. The Kier molecular flexibility index (Phi) is 5.58. The largest absolute Gasteiger partial charge is 0.370 e. The molecule has 1 aliphatic heterocycles. The molecule has 6 rings (SSSR count). The van der Waals surface area contributed by atoms with Gasteiger partial charge in [0, 0.05) is 23.4 Å². The summed E-state index contributed by atoms with van der Waals surface area (Å²) in [7, 11) is 0. The molecule has 37 heavy (non-hydrogen) atoms. The number of benzene rings is 1. The van der Waals surface area contributed by atoms with Crippen molar-refractivity contribution in [1.82, 2.24) is 34.5 Å². The summed E-state index contributed by atoms with van der Waals surface area (Å²) >= 11 is 0. The number of aromatic nitrogens is 7. The third-order valence-electron chi connectivity index (χ3n) is 6.25. The molecule has 5 aromatic rings. The van der Waals surface area contributed by atoms with Gasteiger partial charge in [-0.1, -0.05) is 0 Å². The molecule has 0 spiro atoms. The number of nitrogens with zero attached hydrogens (tertiary/aromatic N) is 8. The van der Waals surface area contributed by atoms with Crippen LogP contribution < -0.4 is 5.32 Å². The number of pyridine rings is 1. The van der Waals surface area contributed by atoms with Crippen LogP contribution in [-0.2, 0) is 4.74 Å². The second-order valence-electron chi connectivity index (χ2n) is 8.93. The van der Waals surface area contributed by atoms with Crippen molar-refractivity contribution in [1.29, 1.82) is 5.26 Å². The molecule has 0 radical (unpaired) electrons. The normalized spacial score (nSPS) is 17.2. The zero-order valence-corrected chi connectivity index (χ0v) is 20.1. The van der Waals surface area contributed by atoms with E-state index in [1.807, 2.05) is 60.9 Å². The zero-order valence-electron chi connectivity index (χ0n) is 20.1. The predicted octanol–water partition coefficient (Wildman–Crippen LogP) is 4.43. The molecule has 2 atom stereocenters. The lowest BCUT2D eigenvalue weighted by atomic mass is 10.1. The summed E-state index contributed by atoms with van der Waals surface area (Å²) < 4.78 is 23.1. The van der Waals surface area contributed by atoms with Gasteiger partial charge < -0.3 is 10.1 Å². The summed E-state index contributed by atoms with van der Waals surface area (Å²) in [5, 5.41) is 25.2. The molecule has 0 aliphatic carbocycles. The van der Waals surface area contributed by atoms with E-state index >= 15 is 0 Å². The maximum absolute atomic E-state index is 14.0. The lowest BCUT2D eigenvalue weighted by molar-refractivity contribution is 0.103. The fraction of sp³-hybridized carbons (Fsp3) is 0.231. The molecule has 1 aliphatic rings. The lowest BCUT2D eigenvalue weighted by Gasteiger charge is -2.17. The van der Waals surface area contributed by atoms with Gasteiger partial charge in [0.25, 0.3) is 0 Å². The highest BCUT2D eigenvalue weighted by molar-refractivity contribution is 5.82. The maximum atomic E-state index is 14.0. The van der Waals surface area contributed by atoms with Crippen LogP contribution in [0.2, 0.25) is 0 Å². The third kappa shape index (κ3) is 4.28. The molecule has 184 valence electrons. The van der Waals surface area contributed by atoms with Gasteiger partial charge in [0.05, 0.1) is 29.4 Å². The minimum atomic E-state index is -1.03. The minimum Gasteiger partial charge on any atom is -0.370 e. The summed E-state index contributed by atoms with van der Waals surface area (Å²) in [4.78, 5) is 9.46. The predicted molar refractivity (Wildman–Crippen MR) is 134 cm³/mol. The number of hydrogen-bond donors (Lipinski definition) is 1. The molecular weight excluding hydrogens is 473 g/mol. The van der Waals surface area contributed by atoms with E-state index < -0.39 is 12.3 Å². The molecule has 10 nitrogen and oxygen atoms in total. The number of nitrogens with one attached hydrogen (secondary N) is 1. The van der Waals surface area contributed by atoms with Crippen LogP contribution in [0.15, 0.2) is 54.9 Å². The number of halogens is 1. The van der Waals surface area contributed by atoms with Crippen molar-refractivity contribution in [2.45, 2.75) is 32.5 Å². The number of hydrogen-bond acceptors (Lipinski definition) is 8. The Morgan fingerprint density at radius 3 is 2.73 bits per heavy atom. The van der Waals surface area contributed by atoms with Crippen LogP contribution in [0, 0.1) is 25.2 Å². The molecule has 1 fully saturated rings. The van der Waals surface area contributed by atoms with E-state index in [2.05, 4.69) is 31.7 Å². The number of anilines is 2. The molecule has 1 N–H and O–H groups in total. The van der Waals surface area contributed by atoms with Crippen molar-refractivity contribution in [2.24, 2.45) is 0 Å². The van der Waals surface area contributed by atoms with Crippen LogP contribution >= 0.6 is 0 Å². The Bertz CT molecular complexity index is 1650. The zero-order chi connectivity index (χ0) is 25.5. The molecule has 0 saturated carbocycles. The maximum Gasteiger partial charge on any atom is 0.163 e. The van der Waals surface area contributed by atoms with Crippen LogP contribution in [0.4, 0.5) is 15.9 Å². The first kappa shape index (κ1) is 22.8. The average Bonchev–Trinajstić information content (AvgIpc) is 3.63. The summed E-state index contributed by atoms with van der Waals surface area (Å²) in [6.07, 6.45) is 0.469. The average molecular weight is 496 g/mol. The second-order valence-corrected chi connectivity index (χ2v) is 8.93. The van der Waals surface area contributed by atoms with Crippen LogP contribution in [-0.4, -0.2) is 47.3 Å². The van der Waals surface area contributed by atoms with Crippen LogP contribution in [0.25, 0.3) is 22.7 Å². The lowest BCUT2D eigenvalue weighted by Crippen LogP contribution is -2.12. The Hall–Kier alpha value is -4.69. The van der Waals surface area contributed by atoms with E-state index in [0.29, 0.717) is 17.5 Å². The first-order valence-corrected chi connectivity index (χ1v) is 11.8. The van der Waals surface area contributed by atoms with E-state index in [0.717, 1.165) is 33.7 Å². The van der Waals surface area contributed by atoms with E-state index in [4.69, 9.17) is 9.72 Å². The Labute approximate surface area is 211 Å². The van der Waals surface area contributed by atoms with Crippen LogP contribution in [0.5, 0.6) is 0 Å². The van der Waals surface area contributed by atoms with Crippen molar-refractivity contribution in [3.05, 3.63) is 77.5 Å². The highest BCUT2D eigenvalue weighted by Crippen LogP contribution is 2.34. The van der Waals surface area contributed by atoms with Gasteiger partial charge in [-0.15, -0.1) is 5.10 Å². The standard InChI is InChI=1S/C26H22FN9O/c1-15-3-7-24(33-32-15)30-18-4-6-22-21(11-18)29-14-35(22)25-8-5-20(23-10-17(27)13-37-23)26(31-25)36-16(2)9-19(12-28)34-36/h3-9,11,14,17,23H,10,13H2,1-2H3,(H,30,33)/t17-,23-/m0/s1. The Morgan fingerprint density at radius 1 is 1.11 bits per heavy atom. The van der Waals surface area contributed by atoms with E-state index in [1.54, 1.807) is 17.1 Å². The molecule has 0 unspecified atom stereocenters. The van der Waals surface area contributed by atoms with Gasteiger partial charge in [-0.3, -0.25) is 4.57 Å². The highest BCUT2D eigenvalue weighted by Gasteiger charge is 2.30. The van der Waals surface area contributed by atoms with Gasteiger partial charge in [0.2, 0.25) is 0 Å². The molecule has 5 heterocycles. The quantitative estimate of drug-likeness (QED) is 0.380. The van der Waals surface area contributed by atoms with Crippen molar-refractivity contribution in [3.63, 3.8) is 0 Å². The summed E-state index contributed by atoms with van der Waals surface area (Å²) in [5.74, 6) is 1.74. The monoisotopic (exact) mass is 495 g/mol. The summed E-state index contributed by atoms with van der Waals surface area (Å²) in [6, 6.07) is 17.0. The first-order valence-electron chi connectivity index (χ1n) is 11.8. The van der Waals surface area contributed by atoms with Gasteiger partial charge in [-0.05, 0) is 62.4 Å². The fourth-order valence-corrected chi connectivity index (χ4v) is 4.44. The molecule has 11 heteroatoms. The van der Waals surface area contributed by atoms with Crippen molar-refractivity contribution in [2.75, 3.05) is 11.9 Å². The fourth-order valence-electron chi connectivity index (χ4n) is 4.44. The highest BCUT2D eigenvalue weighted by atomic mass is 19.1. The number of nitriles is 1. The summed E-state index contributed by atoms with van der Waals surface area (Å²) in [6.45, 7) is 3.78. The molecular formula is C26H22FN9O. The number of alkyl halides is 1. The third-order valence-corrected chi connectivity index (χ3v) is 6.25. The number of fused-ring (bicyclic) bond motifs is 1. The second kappa shape index (κ2) is 9.07. The Morgan fingerprint density at radius 2 is 2.00 bits per heavy atom. The van der Waals surface area contributed by atoms with Crippen molar-refractivity contribution in [3.8, 4) is 17.7 Å². The van der Waals surface area contributed by atoms with Crippen LogP contribution in [0.1, 0.15) is 35.2 Å². The first-order chi connectivity index (χ1) is 18.0. The molecule has 1 saturated heterocycles. The summed E-state index contributed by atoms with van der Waals surface area (Å²) in [5.41, 5.74) is 5.02. The van der Waals surface area contributed by atoms with E-state index in [1.165, 1.54) is 0 Å². The smallest absolute Gasteiger partial charge is 0.163 e. The molecule has 4 aromatic heterocycles. The number of ether oxygens (including phenoxy) is 1. The van der Waals surface area contributed by atoms with Gasteiger partial charge in [0.1, 0.15) is 24.4 Å². The topological polar surface area (TPSA) is 119 Å². The molecule has 1 aromatic carbocycles. The van der Waals surface area contributed by atoms with Gasteiger partial charge in [-0.25, -0.2) is 19.0 Å². The van der Waals surface area contributed by atoms with Gasteiger partial charge in [-0.2, -0.15) is 15.5 Å². The molecule has 0 bridgehead atoms.